The second-order valence-electron chi connectivity index (χ2n) is 7.67. The number of alkyl halides is 3. The largest absolute Gasteiger partial charge is 0.507 e. The first-order chi connectivity index (χ1) is 15.1. The van der Waals surface area contributed by atoms with Gasteiger partial charge in [-0.2, -0.15) is 13.2 Å². The van der Waals surface area contributed by atoms with Crippen LogP contribution in [0.3, 0.4) is 0 Å². The maximum atomic E-state index is 12.7. The highest BCUT2D eigenvalue weighted by Gasteiger charge is 2.45. The zero-order valence-electron chi connectivity index (χ0n) is 17.2. The number of nitrogens with zero attached hydrogens (tertiary/aromatic N) is 4. The van der Waals surface area contributed by atoms with Gasteiger partial charge in [0.25, 0.3) is 5.91 Å². The number of aromatic nitrogens is 2. The van der Waals surface area contributed by atoms with Gasteiger partial charge in [-0.1, -0.05) is 18.2 Å². The van der Waals surface area contributed by atoms with Crippen molar-refractivity contribution in [3.05, 3.63) is 48.0 Å². The number of aromatic hydroxyl groups is 1. The van der Waals surface area contributed by atoms with Crippen molar-refractivity contribution in [1.82, 2.24) is 14.9 Å². The molecule has 3 aromatic rings. The predicted octanol–water partition coefficient (Wildman–Crippen LogP) is 2.88. The highest BCUT2D eigenvalue weighted by atomic mass is 19.4. The summed E-state index contributed by atoms with van der Waals surface area (Å²) >= 11 is 0. The normalized spacial score (nSPS) is 15.8. The van der Waals surface area contributed by atoms with Crippen LogP contribution in [-0.4, -0.2) is 69.4 Å². The zero-order valence-corrected chi connectivity index (χ0v) is 17.2. The topological polar surface area (TPSA) is 89.8 Å². The van der Waals surface area contributed by atoms with Gasteiger partial charge >= 0.3 is 6.18 Å². The Hall–Kier alpha value is -3.40. The summed E-state index contributed by atoms with van der Waals surface area (Å²) < 4.78 is 38.1. The second-order valence-corrected chi connectivity index (χ2v) is 7.67. The van der Waals surface area contributed by atoms with Gasteiger partial charge in [0.05, 0.1) is 11.1 Å². The van der Waals surface area contributed by atoms with Crippen molar-refractivity contribution in [2.45, 2.75) is 19.2 Å². The molecule has 0 saturated carbocycles. The van der Waals surface area contributed by atoms with Gasteiger partial charge < -0.3 is 20.0 Å². The third-order valence-corrected chi connectivity index (χ3v) is 5.41. The van der Waals surface area contributed by atoms with E-state index in [-0.39, 0.29) is 31.9 Å². The summed E-state index contributed by atoms with van der Waals surface area (Å²) in [4.78, 5) is 24.1. The Morgan fingerprint density at radius 2 is 1.75 bits per heavy atom. The lowest BCUT2D eigenvalue weighted by Crippen LogP contribution is -2.54. The van der Waals surface area contributed by atoms with Gasteiger partial charge in [-0.3, -0.25) is 4.79 Å². The molecule has 1 aliphatic rings. The molecule has 1 fully saturated rings. The lowest BCUT2D eigenvalue weighted by Gasteiger charge is -2.36. The number of phenolic OH excluding ortho intramolecular Hbond substituents is 1. The summed E-state index contributed by atoms with van der Waals surface area (Å²) in [7, 11) is 0. The molecule has 1 aromatic heterocycles. The number of aryl methyl sites for hydroxylation is 1. The van der Waals surface area contributed by atoms with E-state index in [4.69, 9.17) is 0 Å². The van der Waals surface area contributed by atoms with Crippen molar-refractivity contribution in [3.8, 4) is 17.1 Å². The van der Waals surface area contributed by atoms with E-state index in [0.717, 1.165) is 15.8 Å². The Morgan fingerprint density at radius 1 is 1.06 bits per heavy atom. The van der Waals surface area contributed by atoms with Crippen LogP contribution in [0.4, 0.5) is 19.0 Å². The van der Waals surface area contributed by atoms with E-state index in [1.54, 1.807) is 18.2 Å². The molecule has 1 aliphatic heterocycles. The van der Waals surface area contributed by atoms with Crippen molar-refractivity contribution in [3.63, 3.8) is 0 Å². The first-order valence-electron chi connectivity index (χ1n) is 10.0. The number of carbonyl (C=O) groups is 1. The minimum atomic E-state index is -5.00. The molecule has 2 aromatic carbocycles. The number of rotatable bonds is 3. The average molecular weight is 446 g/mol. The Labute approximate surface area is 181 Å². The smallest absolute Gasteiger partial charge is 0.423 e. The minimum Gasteiger partial charge on any atom is -0.507 e. The van der Waals surface area contributed by atoms with E-state index >= 15 is 0 Å². The van der Waals surface area contributed by atoms with Gasteiger partial charge in [0.2, 0.25) is 6.10 Å². The molecule has 168 valence electrons. The molecule has 2 heterocycles. The molecule has 4 rings (SSSR count). The number of aliphatic hydroxyl groups excluding tert-OH is 1. The van der Waals surface area contributed by atoms with E-state index in [1.165, 1.54) is 6.07 Å². The molecule has 1 amide bonds. The molecule has 32 heavy (non-hydrogen) atoms. The highest BCUT2D eigenvalue weighted by molar-refractivity contribution is 5.92. The average Bonchev–Trinajstić information content (AvgIpc) is 2.77. The molecule has 10 heteroatoms. The van der Waals surface area contributed by atoms with Crippen molar-refractivity contribution in [2.75, 3.05) is 31.1 Å². The second kappa shape index (κ2) is 8.27. The number of hydrogen-bond acceptors (Lipinski definition) is 6. The summed E-state index contributed by atoms with van der Waals surface area (Å²) in [5.41, 5.74) is 2.11. The van der Waals surface area contributed by atoms with Gasteiger partial charge in [0.1, 0.15) is 11.6 Å². The summed E-state index contributed by atoms with van der Waals surface area (Å²) in [6, 6.07) is 12.4. The fourth-order valence-corrected chi connectivity index (χ4v) is 3.70. The molecule has 0 radical (unpaired) electrons. The van der Waals surface area contributed by atoms with Crippen LogP contribution in [0.5, 0.6) is 5.75 Å². The quantitative estimate of drug-likeness (QED) is 0.643. The first kappa shape index (κ1) is 21.8. The minimum absolute atomic E-state index is 0.00918. The Kier molecular flexibility index (Phi) is 5.64. The number of para-hydroxylation sites is 1. The third-order valence-electron chi connectivity index (χ3n) is 5.41. The fourth-order valence-electron chi connectivity index (χ4n) is 3.70. The SMILES string of the molecule is Cc1ccc2c(N3CCN(C(=O)[C@H](O)C(F)(F)F)CC3)nc(-c3ccccc3O)nc2c1. The fraction of sp³-hybridized carbons (Fsp3) is 0.318. The number of amides is 1. The van der Waals surface area contributed by atoms with Gasteiger partial charge in [-0.15, -0.1) is 0 Å². The summed E-state index contributed by atoms with van der Waals surface area (Å²) in [5.74, 6) is -0.434. The molecule has 0 spiro atoms. The van der Waals surface area contributed by atoms with Crippen LogP contribution in [0.15, 0.2) is 42.5 Å². The van der Waals surface area contributed by atoms with Gasteiger partial charge in [0, 0.05) is 31.6 Å². The lowest BCUT2D eigenvalue weighted by molar-refractivity contribution is -0.210. The number of phenols is 1. The van der Waals surface area contributed by atoms with Crippen LogP contribution in [0.1, 0.15) is 5.56 Å². The van der Waals surface area contributed by atoms with E-state index in [0.29, 0.717) is 22.7 Å². The number of halogens is 3. The molecular formula is C22H21F3N4O3. The van der Waals surface area contributed by atoms with E-state index in [2.05, 4.69) is 9.97 Å². The maximum Gasteiger partial charge on any atom is 0.423 e. The maximum absolute atomic E-state index is 12.7. The van der Waals surface area contributed by atoms with E-state index in [1.807, 2.05) is 30.0 Å². The van der Waals surface area contributed by atoms with Gasteiger partial charge in [-0.05, 0) is 36.8 Å². The summed E-state index contributed by atoms with van der Waals surface area (Å²) in [6.07, 6.45) is -8.02. The van der Waals surface area contributed by atoms with E-state index in [9.17, 15) is 28.2 Å². The van der Waals surface area contributed by atoms with Crippen LogP contribution in [0, 0.1) is 6.92 Å². The van der Waals surface area contributed by atoms with Crippen molar-refractivity contribution in [2.24, 2.45) is 0 Å². The summed E-state index contributed by atoms with van der Waals surface area (Å²) in [6.45, 7) is 2.41. The molecule has 0 bridgehead atoms. The Morgan fingerprint density at radius 3 is 2.41 bits per heavy atom. The number of benzene rings is 2. The Balaban J connectivity index is 1.66. The third kappa shape index (κ3) is 4.18. The van der Waals surface area contributed by atoms with Crippen LogP contribution < -0.4 is 4.90 Å². The van der Waals surface area contributed by atoms with Crippen LogP contribution in [0.25, 0.3) is 22.3 Å². The Bertz CT molecular complexity index is 1160. The molecule has 2 N–H and O–H groups in total. The van der Waals surface area contributed by atoms with Crippen molar-refractivity contribution < 1.29 is 28.2 Å². The molecule has 0 aliphatic carbocycles. The van der Waals surface area contributed by atoms with Crippen LogP contribution in [0.2, 0.25) is 0 Å². The molecular weight excluding hydrogens is 425 g/mol. The first-order valence-corrected chi connectivity index (χ1v) is 10.0. The number of anilines is 1. The van der Waals surface area contributed by atoms with Crippen LogP contribution in [-0.2, 0) is 4.79 Å². The summed E-state index contributed by atoms with van der Waals surface area (Å²) in [5, 5.41) is 20.3. The standard InChI is InChI=1S/C22H21F3N4O3/c1-13-6-7-14-16(12-13)26-19(15-4-2-3-5-17(15)30)27-20(14)28-8-10-29(11-9-28)21(32)18(31)22(23,24)25/h2-7,12,18,30-31H,8-11H2,1H3/t18-/m0/s1. The number of aliphatic hydroxyl groups is 1. The lowest BCUT2D eigenvalue weighted by atomic mass is 10.1. The van der Waals surface area contributed by atoms with Gasteiger partial charge in [-0.25, -0.2) is 9.97 Å². The highest BCUT2D eigenvalue weighted by Crippen LogP contribution is 2.32. The molecule has 1 saturated heterocycles. The van der Waals surface area contributed by atoms with Crippen molar-refractivity contribution >= 4 is 22.6 Å². The molecule has 1 atom stereocenters. The number of fused-ring (bicyclic) bond motifs is 1. The van der Waals surface area contributed by atoms with Crippen LogP contribution >= 0.6 is 0 Å². The monoisotopic (exact) mass is 446 g/mol. The van der Waals surface area contributed by atoms with Gasteiger partial charge in [0.15, 0.2) is 5.82 Å². The van der Waals surface area contributed by atoms with E-state index < -0.39 is 18.2 Å². The number of carbonyl (C=O) groups excluding carboxylic acids is 1. The van der Waals surface area contributed by atoms with Crippen molar-refractivity contribution in [1.29, 1.82) is 0 Å². The predicted molar refractivity (Wildman–Crippen MR) is 112 cm³/mol. The number of piperazine rings is 1. The zero-order chi connectivity index (χ0) is 23.0. The molecule has 7 nitrogen and oxygen atoms in total. The number of hydrogen-bond donors (Lipinski definition) is 2. The molecule has 0 unspecified atom stereocenters.